The molecule has 0 heterocycles. The number of methoxy groups -OCH3 is 1. The summed E-state index contributed by atoms with van der Waals surface area (Å²) in [6.45, 7) is 2.63. The van der Waals surface area contributed by atoms with E-state index >= 15 is 0 Å². The topological polar surface area (TPSA) is 29.5 Å². The molecule has 0 saturated carbocycles. The first-order valence-corrected chi connectivity index (χ1v) is 5.46. The Kier molecular flexibility index (Phi) is 4.62. The number of ether oxygens (including phenoxy) is 1. The van der Waals surface area contributed by atoms with E-state index in [1.54, 1.807) is 0 Å². The molecule has 1 aromatic carbocycles. The highest BCUT2D eigenvalue weighted by Crippen LogP contribution is 2.23. The van der Waals surface area contributed by atoms with Crippen molar-refractivity contribution >= 4 is 23.3 Å². The van der Waals surface area contributed by atoms with Crippen molar-refractivity contribution in [1.29, 1.82) is 0 Å². The maximum absolute atomic E-state index is 11.0. The van der Waals surface area contributed by atoms with E-state index in [-0.39, 0.29) is 5.97 Å². The number of aryl methyl sites for hydroxylation is 1. The second-order valence-electron chi connectivity index (χ2n) is 3.68. The number of rotatable bonds is 4. The number of anilines is 1. The van der Waals surface area contributed by atoms with Crippen LogP contribution in [0.1, 0.15) is 12.0 Å². The van der Waals surface area contributed by atoms with Crippen molar-refractivity contribution in [2.75, 3.05) is 25.6 Å². The second kappa shape index (κ2) is 5.75. The molecule has 0 N–H and O–H groups in total. The van der Waals surface area contributed by atoms with Gasteiger partial charge in [-0.15, -0.1) is 0 Å². The van der Waals surface area contributed by atoms with Crippen LogP contribution in [0.3, 0.4) is 0 Å². The fraction of sp³-hybridized carbons (Fsp3) is 0.417. The highest BCUT2D eigenvalue weighted by Gasteiger charge is 2.08. The lowest BCUT2D eigenvalue weighted by molar-refractivity contribution is -0.140. The summed E-state index contributed by atoms with van der Waals surface area (Å²) < 4.78 is 4.60. The van der Waals surface area contributed by atoms with Crippen molar-refractivity contribution in [2.24, 2.45) is 0 Å². The molecule has 1 rings (SSSR count). The molecular formula is C12H16ClNO2. The highest BCUT2D eigenvalue weighted by atomic mass is 35.5. The number of hydrogen-bond donors (Lipinski definition) is 0. The minimum absolute atomic E-state index is 0.202. The molecule has 0 aliphatic carbocycles. The summed E-state index contributed by atoms with van der Waals surface area (Å²) in [5, 5.41) is 0.700. The molecule has 1 aromatic rings. The molecule has 0 amide bonds. The predicted octanol–water partition coefficient (Wildman–Crippen LogP) is 2.65. The van der Waals surface area contributed by atoms with Crippen LogP contribution >= 0.6 is 11.6 Å². The molecule has 0 saturated heterocycles. The molecule has 88 valence electrons. The van der Waals surface area contributed by atoms with Gasteiger partial charge in [0, 0.05) is 24.3 Å². The molecule has 0 atom stereocenters. The molecule has 0 fully saturated rings. The maximum Gasteiger partial charge on any atom is 0.307 e. The fourth-order valence-electron chi connectivity index (χ4n) is 1.48. The van der Waals surface area contributed by atoms with Crippen LogP contribution in [-0.4, -0.2) is 26.7 Å². The van der Waals surface area contributed by atoms with Crippen LogP contribution in [0.5, 0.6) is 0 Å². The van der Waals surface area contributed by atoms with Crippen molar-refractivity contribution in [3.05, 3.63) is 28.8 Å². The third-order valence-corrected chi connectivity index (χ3v) is 2.70. The number of nitrogens with zero attached hydrogens (tertiary/aromatic N) is 1. The minimum atomic E-state index is -0.202. The van der Waals surface area contributed by atoms with Gasteiger partial charge in [0.05, 0.1) is 13.5 Å². The van der Waals surface area contributed by atoms with Crippen LogP contribution < -0.4 is 4.90 Å². The second-order valence-corrected chi connectivity index (χ2v) is 4.11. The fourth-order valence-corrected chi connectivity index (χ4v) is 1.64. The van der Waals surface area contributed by atoms with Gasteiger partial charge in [-0.05, 0) is 24.6 Å². The monoisotopic (exact) mass is 241 g/mol. The normalized spacial score (nSPS) is 10.0. The molecule has 4 heteroatoms. The summed E-state index contributed by atoms with van der Waals surface area (Å²) in [5.74, 6) is -0.202. The van der Waals surface area contributed by atoms with E-state index in [0.717, 1.165) is 11.3 Å². The Morgan fingerprint density at radius 3 is 2.81 bits per heavy atom. The van der Waals surface area contributed by atoms with Crippen LogP contribution in [0.4, 0.5) is 5.69 Å². The first kappa shape index (κ1) is 12.8. The molecule has 0 bridgehead atoms. The largest absolute Gasteiger partial charge is 0.469 e. The Morgan fingerprint density at radius 2 is 2.19 bits per heavy atom. The average Bonchev–Trinajstić information content (AvgIpc) is 2.28. The number of carbonyl (C=O) groups excluding carboxylic acids is 1. The molecular weight excluding hydrogens is 226 g/mol. The van der Waals surface area contributed by atoms with E-state index in [1.807, 2.05) is 37.1 Å². The van der Waals surface area contributed by atoms with E-state index in [9.17, 15) is 4.79 Å². The van der Waals surface area contributed by atoms with Gasteiger partial charge in [-0.2, -0.15) is 0 Å². The molecule has 0 aliphatic rings. The molecule has 0 aliphatic heterocycles. The molecule has 3 nitrogen and oxygen atoms in total. The zero-order valence-electron chi connectivity index (χ0n) is 9.79. The summed E-state index contributed by atoms with van der Waals surface area (Å²) in [6, 6.07) is 5.72. The van der Waals surface area contributed by atoms with Crippen molar-refractivity contribution < 1.29 is 9.53 Å². The van der Waals surface area contributed by atoms with Crippen molar-refractivity contribution in [1.82, 2.24) is 0 Å². The average molecular weight is 242 g/mol. The van der Waals surface area contributed by atoms with Gasteiger partial charge in [0.2, 0.25) is 0 Å². The Balaban J connectivity index is 2.68. The van der Waals surface area contributed by atoms with Crippen LogP contribution in [-0.2, 0) is 9.53 Å². The van der Waals surface area contributed by atoms with Crippen molar-refractivity contribution in [3.8, 4) is 0 Å². The smallest absolute Gasteiger partial charge is 0.307 e. The quantitative estimate of drug-likeness (QED) is 0.759. The van der Waals surface area contributed by atoms with Gasteiger partial charge in [0.25, 0.3) is 0 Å². The predicted molar refractivity (Wildman–Crippen MR) is 66.1 cm³/mol. The van der Waals surface area contributed by atoms with E-state index in [1.165, 1.54) is 7.11 Å². The summed E-state index contributed by atoms with van der Waals surface area (Å²) in [5.41, 5.74) is 2.17. The van der Waals surface area contributed by atoms with E-state index in [0.29, 0.717) is 18.0 Å². The lowest BCUT2D eigenvalue weighted by atomic mass is 10.2. The number of hydrogen-bond acceptors (Lipinski definition) is 3. The molecule has 0 aromatic heterocycles. The zero-order chi connectivity index (χ0) is 12.1. The first-order valence-electron chi connectivity index (χ1n) is 5.08. The number of halogens is 1. The van der Waals surface area contributed by atoms with E-state index < -0.39 is 0 Å². The van der Waals surface area contributed by atoms with Gasteiger partial charge in [-0.1, -0.05) is 17.7 Å². The standard InChI is InChI=1S/C12H16ClNO2/c1-9-4-5-10(13)8-11(9)14(2)7-6-12(15)16-3/h4-5,8H,6-7H2,1-3H3. The van der Waals surface area contributed by atoms with Crippen LogP contribution in [0.15, 0.2) is 18.2 Å². The molecule has 0 unspecified atom stereocenters. The third-order valence-electron chi connectivity index (χ3n) is 2.46. The van der Waals surface area contributed by atoms with Crippen LogP contribution in [0.25, 0.3) is 0 Å². The van der Waals surface area contributed by atoms with Gasteiger partial charge >= 0.3 is 5.97 Å². The Bertz CT molecular complexity index is 379. The molecule has 16 heavy (non-hydrogen) atoms. The lowest BCUT2D eigenvalue weighted by Crippen LogP contribution is -2.22. The number of benzene rings is 1. The Labute approximate surface area is 101 Å². The Hall–Kier alpha value is -1.22. The highest BCUT2D eigenvalue weighted by molar-refractivity contribution is 6.30. The van der Waals surface area contributed by atoms with Gasteiger partial charge in [-0.3, -0.25) is 4.79 Å². The van der Waals surface area contributed by atoms with Crippen LogP contribution in [0.2, 0.25) is 5.02 Å². The minimum Gasteiger partial charge on any atom is -0.469 e. The van der Waals surface area contributed by atoms with Crippen molar-refractivity contribution in [2.45, 2.75) is 13.3 Å². The van der Waals surface area contributed by atoms with Gasteiger partial charge in [0.1, 0.15) is 0 Å². The molecule has 0 radical (unpaired) electrons. The number of carbonyl (C=O) groups is 1. The van der Waals surface area contributed by atoms with E-state index in [2.05, 4.69) is 4.74 Å². The van der Waals surface area contributed by atoms with Gasteiger partial charge in [-0.25, -0.2) is 0 Å². The third kappa shape index (κ3) is 3.42. The number of esters is 1. The van der Waals surface area contributed by atoms with Gasteiger partial charge < -0.3 is 9.64 Å². The van der Waals surface area contributed by atoms with Crippen molar-refractivity contribution in [3.63, 3.8) is 0 Å². The van der Waals surface area contributed by atoms with Gasteiger partial charge in [0.15, 0.2) is 0 Å². The van der Waals surface area contributed by atoms with E-state index in [4.69, 9.17) is 11.6 Å². The Morgan fingerprint density at radius 1 is 1.50 bits per heavy atom. The lowest BCUT2D eigenvalue weighted by Gasteiger charge is -2.21. The summed E-state index contributed by atoms with van der Waals surface area (Å²) >= 11 is 5.93. The maximum atomic E-state index is 11.0. The SMILES string of the molecule is COC(=O)CCN(C)c1cc(Cl)ccc1C. The summed E-state index contributed by atoms with van der Waals surface area (Å²) in [4.78, 5) is 13.0. The zero-order valence-corrected chi connectivity index (χ0v) is 10.5. The van der Waals surface area contributed by atoms with Crippen LogP contribution in [0, 0.1) is 6.92 Å². The first-order chi connectivity index (χ1) is 7.54. The summed E-state index contributed by atoms with van der Waals surface area (Å²) in [6.07, 6.45) is 0.374. The molecule has 0 spiro atoms. The summed E-state index contributed by atoms with van der Waals surface area (Å²) in [7, 11) is 3.33.